The first-order valence-corrected chi connectivity index (χ1v) is 7.63. The van der Waals surface area contributed by atoms with Crippen molar-refractivity contribution in [2.45, 2.75) is 45.2 Å². The molecular weight excluding hydrogens is 261 g/mol. The highest BCUT2D eigenvalue weighted by Crippen LogP contribution is 2.40. The molecular formula is C14H18FN3S. The van der Waals surface area contributed by atoms with Gasteiger partial charge in [-0.1, -0.05) is 6.92 Å². The summed E-state index contributed by atoms with van der Waals surface area (Å²) in [4.78, 5) is 0.996. The Morgan fingerprint density at radius 2 is 2.32 bits per heavy atom. The summed E-state index contributed by atoms with van der Waals surface area (Å²) in [5.74, 6) is 1.61. The molecule has 3 nitrogen and oxygen atoms in total. The first-order chi connectivity index (χ1) is 9.26. The highest BCUT2D eigenvalue weighted by Gasteiger charge is 2.27. The van der Waals surface area contributed by atoms with Gasteiger partial charge in [0.15, 0.2) is 5.13 Å². The molecule has 0 amide bonds. The van der Waals surface area contributed by atoms with Gasteiger partial charge in [0, 0.05) is 29.1 Å². The molecule has 3 rings (SSSR count). The van der Waals surface area contributed by atoms with Gasteiger partial charge in [-0.25, -0.2) is 0 Å². The Kier molecular flexibility index (Phi) is 3.55. The fraction of sp³-hybridized carbons (Fsp3) is 0.500. The molecule has 2 aromatic heterocycles. The molecule has 0 atom stereocenters. The highest BCUT2D eigenvalue weighted by atomic mass is 32.1. The quantitative estimate of drug-likeness (QED) is 0.866. The third-order valence-corrected chi connectivity index (χ3v) is 4.19. The van der Waals surface area contributed by atoms with Gasteiger partial charge in [-0.3, -0.25) is 4.68 Å². The average Bonchev–Trinajstić information content (AvgIpc) is 3.03. The predicted octanol–water partition coefficient (Wildman–Crippen LogP) is 3.98. The van der Waals surface area contributed by atoms with E-state index in [4.69, 9.17) is 0 Å². The molecule has 1 aliphatic rings. The number of aryl methyl sites for hydroxylation is 1. The van der Waals surface area contributed by atoms with Crippen molar-refractivity contribution in [1.82, 2.24) is 9.78 Å². The molecule has 0 saturated heterocycles. The summed E-state index contributed by atoms with van der Waals surface area (Å²) >= 11 is 1.18. The largest absolute Gasteiger partial charge is 0.364 e. The van der Waals surface area contributed by atoms with Gasteiger partial charge in [0.25, 0.3) is 0 Å². The van der Waals surface area contributed by atoms with Crippen molar-refractivity contribution in [3.63, 3.8) is 0 Å². The Balaban J connectivity index is 1.68. The number of rotatable bonds is 6. The molecule has 0 spiro atoms. The van der Waals surface area contributed by atoms with Gasteiger partial charge >= 0.3 is 0 Å². The summed E-state index contributed by atoms with van der Waals surface area (Å²) in [6.45, 7) is 3.78. The van der Waals surface area contributed by atoms with E-state index in [0.717, 1.165) is 23.7 Å². The summed E-state index contributed by atoms with van der Waals surface area (Å²) < 4.78 is 15.0. The van der Waals surface area contributed by atoms with E-state index in [0.29, 0.717) is 12.5 Å². The molecule has 0 unspecified atom stereocenters. The second kappa shape index (κ2) is 5.33. The van der Waals surface area contributed by atoms with Crippen LogP contribution in [0.25, 0.3) is 0 Å². The normalized spacial score (nSPS) is 14.8. The van der Waals surface area contributed by atoms with E-state index in [1.54, 1.807) is 0 Å². The molecule has 0 aliphatic heterocycles. The number of hydrogen-bond donors (Lipinski definition) is 1. The van der Waals surface area contributed by atoms with Crippen molar-refractivity contribution in [2.75, 3.05) is 5.32 Å². The van der Waals surface area contributed by atoms with Crippen LogP contribution in [-0.4, -0.2) is 9.78 Å². The van der Waals surface area contributed by atoms with Gasteiger partial charge in [0.2, 0.25) is 0 Å². The SMILES string of the molecule is CCCn1nc(NCc2ccc(F)s2)cc1C1CC1. The van der Waals surface area contributed by atoms with Gasteiger partial charge < -0.3 is 5.32 Å². The lowest BCUT2D eigenvalue weighted by atomic mass is 10.3. The van der Waals surface area contributed by atoms with Crippen LogP contribution in [0.2, 0.25) is 0 Å². The molecule has 2 aromatic rings. The zero-order valence-corrected chi connectivity index (χ0v) is 11.8. The van der Waals surface area contributed by atoms with Gasteiger partial charge in [0.1, 0.15) is 5.82 Å². The van der Waals surface area contributed by atoms with Crippen LogP contribution in [0.3, 0.4) is 0 Å². The highest BCUT2D eigenvalue weighted by molar-refractivity contribution is 7.10. The van der Waals surface area contributed by atoms with Crippen LogP contribution in [0, 0.1) is 5.13 Å². The molecule has 1 fully saturated rings. The molecule has 1 N–H and O–H groups in total. The Labute approximate surface area is 116 Å². The molecule has 0 radical (unpaired) electrons. The van der Waals surface area contributed by atoms with Crippen LogP contribution in [0.1, 0.15) is 42.7 Å². The maximum absolute atomic E-state index is 12.9. The standard InChI is InChI=1S/C14H18FN3S/c1-2-7-18-12(10-3-4-10)8-14(17-18)16-9-11-5-6-13(15)19-11/h5-6,8,10H,2-4,7,9H2,1H3,(H,16,17). The molecule has 2 heterocycles. The van der Waals surface area contributed by atoms with E-state index in [-0.39, 0.29) is 5.13 Å². The Morgan fingerprint density at radius 1 is 1.47 bits per heavy atom. The molecule has 0 aromatic carbocycles. The van der Waals surface area contributed by atoms with Crippen LogP contribution in [0.15, 0.2) is 18.2 Å². The molecule has 0 bridgehead atoms. The fourth-order valence-corrected chi connectivity index (χ4v) is 2.91. The Bertz CT molecular complexity index is 557. The minimum atomic E-state index is -0.132. The second-order valence-electron chi connectivity index (χ2n) is 5.01. The van der Waals surface area contributed by atoms with Gasteiger partial charge in [-0.15, -0.1) is 11.3 Å². The average molecular weight is 279 g/mol. The summed E-state index contributed by atoms with van der Waals surface area (Å²) in [6.07, 6.45) is 3.66. The van der Waals surface area contributed by atoms with Gasteiger partial charge in [-0.05, 0) is 31.4 Å². The van der Waals surface area contributed by atoms with Crippen LogP contribution >= 0.6 is 11.3 Å². The third kappa shape index (κ3) is 2.97. The summed E-state index contributed by atoms with van der Waals surface area (Å²) in [7, 11) is 0. The number of anilines is 1. The van der Waals surface area contributed by atoms with E-state index in [2.05, 4.69) is 28.1 Å². The van der Waals surface area contributed by atoms with E-state index in [9.17, 15) is 4.39 Å². The second-order valence-corrected chi connectivity index (χ2v) is 6.13. The number of nitrogens with one attached hydrogen (secondary N) is 1. The van der Waals surface area contributed by atoms with Crippen LogP contribution in [-0.2, 0) is 13.1 Å². The summed E-state index contributed by atoms with van der Waals surface area (Å²) in [5.41, 5.74) is 1.35. The maximum atomic E-state index is 12.9. The predicted molar refractivity (Wildman–Crippen MR) is 76.1 cm³/mol. The number of nitrogens with zero attached hydrogens (tertiary/aromatic N) is 2. The Morgan fingerprint density at radius 3 is 2.95 bits per heavy atom. The van der Waals surface area contributed by atoms with Gasteiger partial charge in [-0.2, -0.15) is 9.49 Å². The lowest BCUT2D eigenvalue weighted by Crippen LogP contribution is -2.04. The maximum Gasteiger partial charge on any atom is 0.176 e. The van der Waals surface area contributed by atoms with Crippen molar-refractivity contribution < 1.29 is 4.39 Å². The molecule has 102 valence electrons. The number of hydrogen-bond acceptors (Lipinski definition) is 3. The monoisotopic (exact) mass is 279 g/mol. The Hall–Kier alpha value is -1.36. The van der Waals surface area contributed by atoms with Crippen molar-refractivity contribution in [3.8, 4) is 0 Å². The molecule has 5 heteroatoms. The van der Waals surface area contributed by atoms with Crippen molar-refractivity contribution >= 4 is 17.2 Å². The van der Waals surface area contributed by atoms with Crippen LogP contribution in [0.4, 0.5) is 10.2 Å². The number of aromatic nitrogens is 2. The topological polar surface area (TPSA) is 29.9 Å². The van der Waals surface area contributed by atoms with Crippen molar-refractivity contribution in [2.24, 2.45) is 0 Å². The zero-order chi connectivity index (χ0) is 13.2. The lowest BCUT2D eigenvalue weighted by molar-refractivity contribution is 0.576. The van der Waals surface area contributed by atoms with E-state index in [1.807, 2.05) is 6.07 Å². The summed E-state index contributed by atoms with van der Waals surface area (Å²) in [6, 6.07) is 5.47. The zero-order valence-electron chi connectivity index (χ0n) is 11.0. The van der Waals surface area contributed by atoms with Crippen LogP contribution in [0.5, 0.6) is 0 Å². The van der Waals surface area contributed by atoms with E-state index >= 15 is 0 Å². The molecule has 19 heavy (non-hydrogen) atoms. The van der Waals surface area contributed by atoms with Gasteiger partial charge in [0.05, 0.1) is 6.54 Å². The molecule has 1 aliphatic carbocycles. The van der Waals surface area contributed by atoms with E-state index in [1.165, 1.54) is 35.9 Å². The number of thiophene rings is 1. The van der Waals surface area contributed by atoms with Crippen LogP contribution < -0.4 is 5.32 Å². The first-order valence-electron chi connectivity index (χ1n) is 6.82. The minimum absolute atomic E-state index is 0.132. The van der Waals surface area contributed by atoms with Crippen molar-refractivity contribution in [1.29, 1.82) is 0 Å². The van der Waals surface area contributed by atoms with Crippen molar-refractivity contribution in [3.05, 3.63) is 33.9 Å². The smallest absolute Gasteiger partial charge is 0.176 e. The van der Waals surface area contributed by atoms with E-state index < -0.39 is 0 Å². The minimum Gasteiger partial charge on any atom is -0.364 e. The lowest BCUT2D eigenvalue weighted by Gasteiger charge is -2.03. The molecule has 1 saturated carbocycles. The number of halogens is 1. The third-order valence-electron chi connectivity index (χ3n) is 3.31. The fourth-order valence-electron chi connectivity index (χ4n) is 2.24. The summed E-state index contributed by atoms with van der Waals surface area (Å²) in [5, 5.41) is 7.76. The first kappa shape index (κ1) is 12.7.